The Morgan fingerprint density at radius 1 is 0.917 bits per heavy atom. The van der Waals surface area contributed by atoms with Crippen molar-refractivity contribution in [3.05, 3.63) is 70.7 Å². The van der Waals surface area contributed by atoms with Crippen LogP contribution in [0.25, 0.3) is 0 Å². The van der Waals surface area contributed by atoms with Crippen LogP contribution in [0.4, 0.5) is 0 Å². The highest BCUT2D eigenvalue weighted by molar-refractivity contribution is 6.30. The number of halogens is 1. The fourth-order valence-electron chi connectivity index (χ4n) is 3.36. The third-order valence-electron chi connectivity index (χ3n) is 4.68. The number of hydrogen-bond donors (Lipinski definition) is 0. The van der Waals surface area contributed by atoms with Gasteiger partial charge in [0.15, 0.2) is 0 Å². The summed E-state index contributed by atoms with van der Waals surface area (Å²) in [6.07, 6.45) is 0. The molecule has 0 bridgehead atoms. The molecule has 1 unspecified atom stereocenters. The van der Waals surface area contributed by atoms with Crippen molar-refractivity contribution >= 4 is 11.6 Å². The summed E-state index contributed by atoms with van der Waals surface area (Å²) >= 11 is 6.08. The van der Waals surface area contributed by atoms with E-state index in [-0.39, 0.29) is 6.04 Å². The molecule has 128 valence electrons. The van der Waals surface area contributed by atoms with Crippen molar-refractivity contribution in [2.75, 3.05) is 46.4 Å². The lowest BCUT2D eigenvalue weighted by Gasteiger charge is -2.39. The third kappa shape index (κ3) is 4.37. The van der Waals surface area contributed by atoms with Crippen molar-refractivity contribution < 1.29 is 4.74 Å². The highest BCUT2D eigenvalue weighted by Crippen LogP contribution is 2.30. The quantitative estimate of drug-likeness (QED) is 0.794. The van der Waals surface area contributed by atoms with Crippen molar-refractivity contribution in [3.8, 4) is 0 Å². The predicted octanol–water partition coefficient (Wildman–Crippen LogP) is 3.69. The fraction of sp³-hybridized carbons (Fsp3) is 0.400. The van der Waals surface area contributed by atoms with E-state index in [1.165, 1.54) is 11.1 Å². The summed E-state index contributed by atoms with van der Waals surface area (Å²) in [6, 6.07) is 19.3. The van der Waals surface area contributed by atoms with Crippen LogP contribution in [0.5, 0.6) is 0 Å². The van der Waals surface area contributed by atoms with E-state index in [1.807, 2.05) is 12.1 Å². The second-order valence-corrected chi connectivity index (χ2v) is 6.67. The molecule has 0 aromatic heterocycles. The zero-order valence-electron chi connectivity index (χ0n) is 14.2. The van der Waals surface area contributed by atoms with Crippen LogP contribution in [0.2, 0.25) is 5.02 Å². The van der Waals surface area contributed by atoms with Crippen LogP contribution in [-0.2, 0) is 4.74 Å². The van der Waals surface area contributed by atoms with E-state index in [2.05, 4.69) is 52.3 Å². The lowest BCUT2D eigenvalue weighted by Crippen LogP contribution is -2.48. The first-order valence-corrected chi connectivity index (χ1v) is 8.91. The molecule has 1 aliphatic rings. The maximum atomic E-state index is 6.08. The highest BCUT2D eigenvalue weighted by atomic mass is 35.5. The molecule has 0 amide bonds. The molecule has 24 heavy (non-hydrogen) atoms. The Morgan fingerprint density at radius 2 is 1.54 bits per heavy atom. The van der Waals surface area contributed by atoms with Crippen LogP contribution in [0, 0.1) is 0 Å². The van der Waals surface area contributed by atoms with Crippen LogP contribution in [0.3, 0.4) is 0 Å². The molecule has 1 atom stereocenters. The summed E-state index contributed by atoms with van der Waals surface area (Å²) in [6.45, 7) is 6.11. The number of rotatable bonds is 6. The average Bonchev–Trinajstić information content (AvgIpc) is 2.64. The monoisotopic (exact) mass is 344 g/mol. The van der Waals surface area contributed by atoms with Gasteiger partial charge in [-0.3, -0.25) is 9.80 Å². The molecule has 2 aromatic rings. The predicted molar refractivity (Wildman–Crippen MR) is 99.6 cm³/mol. The van der Waals surface area contributed by atoms with E-state index < -0.39 is 0 Å². The molecule has 1 fully saturated rings. The third-order valence-corrected chi connectivity index (χ3v) is 4.94. The molecule has 0 radical (unpaired) electrons. The first-order chi connectivity index (χ1) is 11.8. The van der Waals surface area contributed by atoms with Crippen molar-refractivity contribution in [1.82, 2.24) is 9.80 Å². The molecule has 1 aliphatic heterocycles. The van der Waals surface area contributed by atoms with Crippen LogP contribution < -0.4 is 0 Å². The second kappa shape index (κ2) is 8.63. The van der Waals surface area contributed by atoms with Gasteiger partial charge in [-0.1, -0.05) is 54.1 Å². The molecule has 3 nitrogen and oxygen atoms in total. The summed E-state index contributed by atoms with van der Waals surface area (Å²) in [5, 5.41) is 0.787. The van der Waals surface area contributed by atoms with E-state index in [0.717, 1.165) is 44.4 Å². The normalized spacial score (nSPS) is 17.8. The van der Waals surface area contributed by atoms with Crippen molar-refractivity contribution in [2.24, 2.45) is 0 Å². The maximum absolute atomic E-state index is 6.08. The van der Waals surface area contributed by atoms with E-state index >= 15 is 0 Å². The molecule has 0 N–H and O–H groups in total. The minimum absolute atomic E-state index is 0.285. The van der Waals surface area contributed by atoms with Crippen LogP contribution in [0.15, 0.2) is 54.6 Å². The van der Waals surface area contributed by atoms with Gasteiger partial charge in [-0.15, -0.1) is 0 Å². The van der Waals surface area contributed by atoms with E-state index in [9.17, 15) is 0 Å². The molecular weight excluding hydrogens is 320 g/mol. The minimum atomic E-state index is 0.285. The number of benzene rings is 2. The number of hydrogen-bond acceptors (Lipinski definition) is 3. The molecule has 0 saturated carbocycles. The topological polar surface area (TPSA) is 15.7 Å². The van der Waals surface area contributed by atoms with Gasteiger partial charge in [-0.25, -0.2) is 0 Å². The first-order valence-electron chi connectivity index (χ1n) is 8.53. The second-order valence-electron chi connectivity index (χ2n) is 6.24. The molecule has 4 heteroatoms. The van der Waals surface area contributed by atoms with Gasteiger partial charge in [0, 0.05) is 44.9 Å². The molecule has 0 spiro atoms. The SMILES string of the molecule is COCCN1CCN(C(c2ccccc2)c2ccc(Cl)cc2)CC1. The summed E-state index contributed by atoms with van der Waals surface area (Å²) in [7, 11) is 1.77. The van der Waals surface area contributed by atoms with Gasteiger partial charge < -0.3 is 4.74 Å². The largest absolute Gasteiger partial charge is 0.383 e. The highest BCUT2D eigenvalue weighted by Gasteiger charge is 2.26. The van der Waals surface area contributed by atoms with Crippen LogP contribution >= 0.6 is 11.6 Å². The summed E-state index contributed by atoms with van der Waals surface area (Å²) in [5.41, 5.74) is 2.64. The lowest BCUT2D eigenvalue weighted by molar-refractivity contribution is 0.0832. The average molecular weight is 345 g/mol. The van der Waals surface area contributed by atoms with Gasteiger partial charge in [0.1, 0.15) is 0 Å². The summed E-state index contributed by atoms with van der Waals surface area (Å²) in [4.78, 5) is 5.05. The molecule has 3 rings (SSSR count). The number of piperazine rings is 1. The van der Waals surface area contributed by atoms with Gasteiger partial charge in [-0.2, -0.15) is 0 Å². The Balaban J connectivity index is 1.77. The first kappa shape index (κ1) is 17.4. The fourth-order valence-corrected chi connectivity index (χ4v) is 3.49. The summed E-state index contributed by atoms with van der Waals surface area (Å²) < 4.78 is 5.20. The standard InChI is InChI=1S/C20H25ClN2O/c1-24-16-15-22-11-13-23(14-12-22)20(17-5-3-2-4-6-17)18-7-9-19(21)10-8-18/h2-10,20H,11-16H2,1H3. The maximum Gasteiger partial charge on any atom is 0.0602 e. The number of nitrogens with zero attached hydrogens (tertiary/aromatic N) is 2. The molecule has 1 heterocycles. The molecule has 1 saturated heterocycles. The Hall–Kier alpha value is -1.39. The van der Waals surface area contributed by atoms with Crippen molar-refractivity contribution in [1.29, 1.82) is 0 Å². The van der Waals surface area contributed by atoms with Gasteiger partial charge in [-0.05, 0) is 23.3 Å². The van der Waals surface area contributed by atoms with E-state index in [1.54, 1.807) is 7.11 Å². The van der Waals surface area contributed by atoms with Crippen molar-refractivity contribution in [2.45, 2.75) is 6.04 Å². The van der Waals surface area contributed by atoms with Gasteiger partial charge in [0.2, 0.25) is 0 Å². The van der Waals surface area contributed by atoms with Crippen LogP contribution in [0.1, 0.15) is 17.2 Å². The van der Waals surface area contributed by atoms with Gasteiger partial charge in [0.25, 0.3) is 0 Å². The number of ether oxygens (including phenoxy) is 1. The minimum Gasteiger partial charge on any atom is -0.383 e. The number of methoxy groups -OCH3 is 1. The summed E-state index contributed by atoms with van der Waals surface area (Å²) in [5.74, 6) is 0. The Morgan fingerprint density at radius 3 is 2.17 bits per heavy atom. The molecule has 2 aromatic carbocycles. The van der Waals surface area contributed by atoms with Gasteiger partial charge in [0.05, 0.1) is 12.6 Å². The zero-order valence-corrected chi connectivity index (χ0v) is 15.0. The smallest absolute Gasteiger partial charge is 0.0602 e. The Kier molecular flexibility index (Phi) is 6.27. The lowest BCUT2D eigenvalue weighted by atomic mass is 9.96. The Labute approximate surface area is 149 Å². The molecule has 0 aliphatic carbocycles. The van der Waals surface area contributed by atoms with Crippen molar-refractivity contribution in [3.63, 3.8) is 0 Å². The van der Waals surface area contributed by atoms with Crippen LogP contribution in [-0.4, -0.2) is 56.2 Å². The molecular formula is C20H25ClN2O. The van der Waals surface area contributed by atoms with Gasteiger partial charge >= 0.3 is 0 Å². The van der Waals surface area contributed by atoms with E-state index in [0.29, 0.717) is 0 Å². The van der Waals surface area contributed by atoms with E-state index in [4.69, 9.17) is 16.3 Å². The Bertz CT molecular complexity index is 609. The zero-order chi connectivity index (χ0) is 16.8.